The normalized spacial score (nSPS) is 22.4. The highest BCUT2D eigenvalue weighted by Crippen LogP contribution is 2.39. The fourth-order valence-electron chi connectivity index (χ4n) is 3.11. The molecule has 1 aromatic carbocycles. The maximum absolute atomic E-state index is 14.9. The lowest BCUT2D eigenvalue weighted by Crippen LogP contribution is -2.46. The summed E-state index contributed by atoms with van der Waals surface area (Å²) < 4.78 is 63.9. The number of rotatable bonds is 2. The summed E-state index contributed by atoms with van der Waals surface area (Å²) >= 11 is 0. The van der Waals surface area contributed by atoms with Crippen molar-refractivity contribution in [2.45, 2.75) is 38.8 Å². The molecule has 5 nitrogen and oxygen atoms in total. The van der Waals surface area contributed by atoms with Gasteiger partial charge in [0.2, 0.25) is 5.58 Å². The van der Waals surface area contributed by atoms with Gasteiger partial charge in [-0.1, -0.05) is 5.16 Å². The van der Waals surface area contributed by atoms with Crippen molar-refractivity contribution < 1.29 is 31.9 Å². The highest BCUT2D eigenvalue weighted by molar-refractivity contribution is 5.86. The number of benzene rings is 1. The van der Waals surface area contributed by atoms with Gasteiger partial charge in [-0.05, 0) is 19.9 Å². The highest BCUT2D eigenvalue weighted by atomic mass is 19.4. The van der Waals surface area contributed by atoms with E-state index in [0.717, 1.165) is 6.07 Å². The van der Waals surface area contributed by atoms with Crippen LogP contribution in [0.15, 0.2) is 10.6 Å². The number of hydrogen-bond donors (Lipinski definition) is 1. The fraction of sp³-hybridized carbons (Fsp3) is 0.533. The van der Waals surface area contributed by atoms with Crippen molar-refractivity contribution in [2.75, 3.05) is 18.0 Å². The van der Waals surface area contributed by atoms with Gasteiger partial charge in [-0.15, -0.1) is 0 Å². The van der Waals surface area contributed by atoms with E-state index >= 15 is 0 Å². The molecule has 3 rings (SSSR count). The van der Waals surface area contributed by atoms with E-state index in [1.807, 2.05) is 13.8 Å². The molecule has 0 radical (unpaired) electrons. The van der Waals surface area contributed by atoms with Crippen molar-refractivity contribution in [3.05, 3.63) is 23.1 Å². The van der Waals surface area contributed by atoms with Crippen LogP contribution in [0.4, 0.5) is 23.2 Å². The monoisotopic (exact) mass is 348 g/mol. The minimum Gasteiger partial charge on any atom is -0.392 e. The minimum absolute atomic E-state index is 0.0249. The molecule has 9 heteroatoms. The summed E-state index contributed by atoms with van der Waals surface area (Å²) in [5, 5.41) is 12.0. The second-order valence-corrected chi connectivity index (χ2v) is 5.92. The Bertz CT molecular complexity index is 749. The molecule has 2 heterocycles. The number of halogens is 4. The fourth-order valence-corrected chi connectivity index (χ4v) is 3.11. The van der Waals surface area contributed by atoms with Gasteiger partial charge in [-0.3, -0.25) is 0 Å². The zero-order valence-corrected chi connectivity index (χ0v) is 13.0. The number of aliphatic hydroxyl groups is 1. The van der Waals surface area contributed by atoms with Crippen LogP contribution in [0.5, 0.6) is 0 Å². The number of hydrogen-bond acceptors (Lipinski definition) is 5. The van der Waals surface area contributed by atoms with Crippen molar-refractivity contribution >= 4 is 16.7 Å². The summed E-state index contributed by atoms with van der Waals surface area (Å²) in [6, 6.07) is 1.08. The number of fused-ring (bicyclic) bond motifs is 1. The average Bonchev–Trinajstić information content (AvgIpc) is 2.90. The van der Waals surface area contributed by atoms with Crippen LogP contribution < -0.4 is 4.90 Å². The van der Waals surface area contributed by atoms with Crippen LogP contribution in [0.1, 0.15) is 25.1 Å². The minimum atomic E-state index is -4.77. The third-order valence-electron chi connectivity index (χ3n) is 3.93. The van der Waals surface area contributed by atoms with Gasteiger partial charge in [-0.25, -0.2) is 4.39 Å². The first kappa shape index (κ1) is 17.0. The van der Waals surface area contributed by atoms with E-state index < -0.39 is 35.3 Å². The maximum Gasteiger partial charge on any atom is 0.437 e. The first-order valence-corrected chi connectivity index (χ1v) is 7.41. The second-order valence-electron chi connectivity index (χ2n) is 5.92. The van der Waals surface area contributed by atoms with Crippen LogP contribution in [0.2, 0.25) is 0 Å². The Morgan fingerprint density at radius 2 is 1.92 bits per heavy atom. The number of ether oxygens (including phenoxy) is 1. The molecule has 2 unspecified atom stereocenters. The van der Waals surface area contributed by atoms with Crippen LogP contribution in [-0.4, -0.2) is 35.6 Å². The molecule has 0 saturated carbocycles. The number of anilines is 1. The molecule has 2 aromatic rings. The third-order valence-corrected chi connectivity index (χ3v) is 3.93. The topological polar surface area (TPSA) is 58.7 Å². The van der Waals surface area contributed by atoms with Gasteiger partial charge in [0, 0.05) is 18.7 Å². The number of morpholine rings is 1. The first-order valence-electron chi connectivity index (χ1n) is 7.41. The van der Waals surface area contributed by atoms with Gasteiger partial charge >= 0.3 is 6.18 Å². The molecule has 0 amide bonds. The lowest BCUT2D eigenvalue weighted by Gasteiger charge is -2.37. The SMILES string of the molecule is CC1CN(c2c(CO)cc3c(C(F)(F)F)noc3c2F)CC(C)O1. The molecule has 1 N–H and O–H groups in total. The molecular weight excluding hydrogens is 332 g/mol. The predicted molar refractivity (Wildman–Crippen MR) is 77.1 cm³/mol. The van der Waals surface area contributed by atoms with Gasteiger partial charge in [0.25, 0.3) is 0 Å². The Hall–Kier alpha value is -1.87. The van der Waals surface area contributed by atoms with Gasteiger partial charge in [-0.2, -0.15) is 13.2 Å². The highest BCUT2D eigenvalue weighted by Gasteiger charge is 2.39. The number of aromatic nitrogens is 1. The van der Waals surface area contributed by atoms with Crippen LogP contribution in [0.3, 0.4) is 0 Å². The van der Waals surface area contributed by atoms with Crippen LogP contribution in [-0.2, 0) is 17.5 Å². The molecule has 132 valence electrons. The maximum atomic E-state index is 14.9. The molecule has 1 aliphatic heterocycles. The van der Waals surface area contributed by atoms with Crippen molar-refractivity contribution in [1.82, 2.24) is 5.16 Å². The molecule has 0 spiro atoms. The molecule has 1 fully saturated rings. The van der Waals surface area contributed by atoms with E-state index in [4.69, 9.17) is 4.74 Å². The van der Waals surface area contributed by atoms with Gasteiger partial charge in [0.15, 0.2) is 11.5 Å². The lowest BCUT2D eigenvalue weighted by molar-refractivity contribution is -0.141. The zero-order chi connectivity index (χ0) is 17.6. The number of aliphatic hydroxyl groups excluding tert-OH is 1. The Morgan fingerprint density at radius 1 is 1.29 bits per heavy atom. The summed E-state index contributed by atoms with van der Waals surface area (Å²) in [6.07, 6.45) is -5.14. The molecular formula is C15H16F4N2O3. The number of alkyl halides is 3. The van der Waals surface area contributed by atoms with E-state index in [9.17, 15) is 22.7 Å². The Kier molecular flexibility index (Phi) is 4.16. The van der Waals surface area contributed by atoms with E-state index in [1.165, 1.54) is 0 Å². The molecule has 0 bridgehead atoms. The summed E-state index contributed by atoms with van der Waals surface area (Å²) in [6.45, 7) is 3.71. The lowest BCUT2D eigenvalue weighted by atomic mass is 10.1. The van der Waals surface area contributed by atoms with Crippen molar-refractivity contribution in [3.8, 4) is 0 Å². The third kappa shape index (κ3) is 2.82. The molecule has 24 heavy (non-hydrogen) atoms. The number of nitrogens with zero attached hydrogens (tertiary/aromatic N) is 2. The van der Waals surface area contributed by atoms with E-state index in [2.05, 4.69) is 9.68 Å². The average molecular weight is 348 g/mol. The van der Waals surface area contributed by atoms with Crippen molar-refractivity contribution in [1.29, 1.82) is 0 Å². The molecule has 1 aromatic heterocycles. The van der Waals surface area contributed by atoms with Gasteiger partial charge in [0.05, 0.1) is 29.9 Å². The first-order chi connectivity index (χ1) is 11.2. The standard InChI is InChI=1S/C15H16F4N2O3/c1-7-4-21(5-8(2)23-7)12-9(6-22)3-10-13(11(12)16)24-20-14(10)15(17,18)19/h3,7-8,22H,4-6H2,1-2H3. The summed E-state index contributed by atoms with van der Waals surface area (Å²) in [4.78, 5) is 1.65. The predicted octanol–water partition coefficient (Wildman–Crippen LogP) is 3.09. The van der Waals surface area contributed by atoms with E-state index in [-0.39, 0.29) is 23.5 Å². The van der Waals surface area contributed by atoms with E-state index in [1.54, 1.807) is 4.90 Å². The molecule has 1 saturated heterocycles. The quantitative estimate of drug-likeness (QED) is 0.845. The Morgan fingerprint density at radius 3 is 2.46 bits per heavy atom. The zero-order valence-electron chi connectivity index (χ0n) is 13.0. The molecule has 2 atom stereocenters. The van der Waals surface area contributed by atoms with E-state index in [0.29, 0.717) is 13.1 Å². The van der Waals surface area contributed by atoms with Gasteiger partial charge in [0.1, 0.15) is 0 Å². The Balaban J connectivity index is 2.17. The summed E-state index contributed by atoms with van der Waals surface area (Å²) in [7, 11) is 0. The second kappa shape index (κ2) is 5.89. The van der Waals surface area contributed by atoms with Crippen LogP contribution in [0, 0.1) is 5.82 Å². The smallest absolute Gasteiger partial charge is 0.392 e. The Labute approximate surface area is 134 Å². The summed E-state index contributed by atoms with van der Waals surface area (Å²) in [5.74, 6) is -0.958. The van der Waals surface area contributed by atoms with Crippen molar-refractivity contribution in [3.63, 3.8) is 0 Å². The van der Waals surface area contributed by atoms with Gasteiger partial charge < -0.3 is 19.3 Å². The molecule has 1 aliphatic rings. The summed E-state index contributed by atoms with van der Waals surface area (Å²) in [5.41, 5.74) is -1.80. The molecule has 0 aliphatic carbocycles. The largest absolute Gasteiger partial charge is 0.437 e. The van der Waals surface area contributed by atoms with Crippen molar-refractivity contribution in [2.24, 2.45) is 0 Å². The van der Waals surface area contributed by atoms with Crippen LogP contribution in [0.25, 0.3) is 11.0 Å². The van der Waals surface area contributed by atoms with Crippen LogP contribution >= 0.6 is 0 Å².